The molecule has 4 nitrogen and oxygen atoms in total. The van der Waals surface area contributed by atoms with Crippen molar-refractivity contribution in [3.05, 3.63) is 114 Å². The van der Waals surface area contributed by atoms with Gasteiger partial charge in [0.15, 0.2) is 11.8 Å². The fourth-order valence-electron chi connectivity index (χ4n) is 8.85. The predicted octanol–water partition coefficient (Wildman–Crippen LogP) is 10.8. The van der Waals surface area contributed by atoms with Crippen LogP contribution in [0.4, 0.5) is 0 Å². The number of benzene rings is 2. The Morgan fingerprint density at radius 2 is 1.77 bits per heavy atom. The van der Waals surface area contributed by atoms with Crippen LogP contribution in [0, 0.1) is 11.3 Å². The second-order valence-corrected chi connectivity index (χ2v) is 15.8. The summed E-state index contributed by atoms with van der Waals surface area (Å²) >= 11 is 0. The zero-order valence-electron chi connectivity index (χ0n) is 29.1. The number of aromatic nitrogens is 2. The molecule has 244 valence electrons. The fourth-order valence-corrected chi connectivity index (χ4v) is 8.85. The van der Waals surface area contributed by atoms with Crippen molar-refractivity contribution in [3.8, 4) is 11.3 Å². The van der Waals surface area contributed by atoms with Crippen molar-refractivity contribution in [2.75, 3.05) is 0 Å². The molecule has 3 aromatic heterocycles. The molecule has 3 unspecified atom stereocenters. The lowest BCUT2D eigenvalue weighted by atomic mass is 9.77. The van der Waals surface area contributed by atoms with Gasteiger partial charge in [-0.05, 0) is 90.8 Å². The summed E-state index contributed by atoms with van der Waals surface area (Å²) in [6, 6.07) is 22.4. The Morgan fingerprint density at radius 1 is 0.979 bits per heavy atom. The highest BCUT2D eigenvalue weighted by Gasteiger charge is 2.39. The Bertz CT molecular complexity index is 2100. The molecule has 5 aromatic rings. The van der Waals surface area contributed by atoms with E-state index in [1.165, 1.54) is 59.9 Å². The van der Waals surface area contributed by atoms with E-state index in [1.54, 1.807) is 0 Å². The molecule has 0 amide bonds. The minimum atomic E-state index is -0.0969. The SMILES string of the molecule is C=CC1=NC2C(=C)[n+]3ccc(C(C)C4CCCCC4)cc3-c3c(ccc4c3oc3nc(CC(C)(C)C)ccc34)CCC2c2ccccc21. The van der Waals surface area contributed by atoms with Gasteiger partial charge in [0.25, 0.3) is 0 Å². The summed E-state index contributed by atoms with van der Waals surface area (Å²) in [7, 11) is 0. The van der Waals surface area contributed by atoms with Crippen molar-refractivity contribution >= 4 is 33.5 Å². The molecule has 8 rings (SSSR count). The first-order valence-electron chi connectivity index (χ1n) is 18.1. The molecule has 48 heavy (non-hydrogen) atoms. The lowest BCUT2D eigenvalue weighted by molar-refractivity contribution is -0.572. The number of allylic oxidation sites excluding steroid dienone is 1. The molecule has 2 aliphatic heterocycles. The molecule has 1 saturated carbocycles. The molecular weight excluding hydrogens is 587 g/mol. The molecule has 5 heterocycles. The summed E-state index contributed by atoms with van der Waals surface area (Å²) in [6.45, 7) is 18.2. The summed E-state index contributed by atoms with van der Waals surface area (Å²) in [5, 5.41) is 2.20. The summed E-state index contributed by atoms with van der Waals surface area (Å²) in [5.74, 6) is 1.40. The molecule has 0 radical (unpaired) electrons. The van der Waals surface area contributed by atoms with Crippen LogP contribution in [0.1, 0.15) is 106 Å². The van der Waals surface area contributed by atoms with Gasteiger partial charge in [-0.15, -0.1) is 0 Å². The fraction of sp³-hybridized carbons (Fsp3) is 0.386. The van der Waals surface area contributed by atoms with Crippen molar-refractivity contribution in [2.24, 2.45) is 16.3 Å². The van der Waals surface area contributed by atoms with E-state index in [9.17, 15) is 0 Å². The van der Waals surface area contributed by atoms with Crippen LogP contribution in [-0.4, -0.2) is 16.7 Å². The number of hydrogen-bond donors (Lipinski definition) is 0. The number of aliphatic imine (C=N–C) groups is 1. The van der Waals surface area contributed by atoms with Gasteiger partial charge in [0.05, 0.1) is 11.3 Å². The average Bonchev–Trinajstić information content (AvgIpc) is 3.47. The van der Waals surface area contributed by atoms with Crippen LogP contribution in [0.3, 0.4) is 0 Å². The molecule has 0 N–H and O–H groups in total. The van der Waals surface area contributed by atoms with E-state index in [0.717, 1.165) is 64.1 Å². The van der Waals surface area contributed by atoms with Gasteiger partial charge in [0.2, 0.25) is 17.1 Å². The summed E-state index contributed by atoms with van der Waals surface area (Å²) in [6.07, 6.45) is 13.6. The predicted molar refractivity (Wildman–Crippen MR) is 199 cm³/mol. The van der Waals surface area contributed by atoms with Crippen molar-refractivity contribution < 1.29 is 8.98 Å². The van der Waals surface area contributed by atoms with Gasteiger partial charge in [-0.25, -0.2) is 4.98 Å². The number of furan rings is 1. The average molecular weight is 635 g/mol. The maximum atomic E-state index is 6.87. The molecule has 0 bridgehead atoms. The van der Waals surface area contributed by atoms with E-state index in [2.05, 4.69) is 106 Å². The van der Waals surface area contributed by atoms with Crippen molar-refractivity contribution in [1.29, 1.82) is 0 Å². The standard InChI is InChI=1S/C44H48N3O/c1-7-38-34-16-12-11-15-33(34)35-20-17-30-18-21-36-37-22-19-32(26-44(4,5)6)45-43(37)48-42(36)40(30)39-25-31(27(2)29-13-9-8-10-14-29)23-24-47(39)28(3)41(35)46-38/h7,11-12,15-16,18-19,21-25,27,29,35,41H,1,3,8-10,13-14,17,20,26H2,2,4-6H3/q+1. The molecule has 0 spiro atoms. The highest BCUT2D eigenvalue weighted by molar-refractivity contribution is 6.11. The Kier molecular flexibility index (Phi) is 7.74. The molecular formula is C44H48N3O+. The number of nitrogens with zero attached hydrogens (tertiary/aromatic N) is 3. The van der Waals surface area contributed by atoms with E-state index in [4.69, 9.17) is 21.0 Å². The number of aryl methyl sites for hydroxylation is 1. The zero-order valence-corrected chi connectivity index (χ0v) is 29.1. The van der Waals surface area contributed by atoms with Crippen LogP contribution in [-0.2, 0) is 12.8 Å². The molecule has 4 heteroatoms. The highest BCUT2D eigenvalue weighted by Crippen LogP contribution is 2.44. The van der Waals surface area contributed by atoms with Crippen LogP contribution in [0.15, 0.2) is 95.5 Å². The van der Waals surface area contributed by atoms with Gasteiger partial charge in [-0.2, -0.15) is 4.57 Å². The van der Waals surface area contributed by atoms with Crippen LogP contribution in [0.25, 0.3) is 39.0 Å². The summed E-state index contributed by atoms with van der Waals surface area (Å²) < 4.78 is 9.19. The number of pyridine rings is 2. The maximum Gasteiger partial charge on any atom is 0.227 e. The first kappa shape index (κ1) is 31.0. The van der Waals surface area contributed by atoms with E-state index in [1.807, 2.05) is 6.08 Å². The van der Waals surface area contributed by atoms with Crippen LogP contribution >= 0.6 is 0 Å². The second kappa shape index (κ2) is 12.0. The van der Waals surface area contributed by atoms with E-state index in [0.29, 0.717) is 11.8 Å². The molecule has 2 aromatic carbocycles. The third kappa shape index (κ3) is 5.34. The number of rotatable bonds is 4. The molecule has 3 atom stereocenters. The minimum absolute atomic E-state index is 0.0969. The van der Waals surface area contributed by atoms with Crippen LogP contribution in [0.5, 0.6) is 0 Å². The lowest BCUT2D eigenvalue weighted by Crippen LogP contribution is -2.42. The topological polar surface area (TPSA) is 42.3 Å². The third-order valence-corrected chi connectivity index (χ3v) is 11.3. The Balaban J connectivity index is 1.36. The molecule has 1 fully saturated rings. The normalized spacial score (nSPS) is 20.5. The van der Waals surface area contributed by atoms with Crippen molar-refractivity contribution in [2.45, 2.75) is 96.9 Å². The van der Waals surface area contributed by atoms with Crippen LogP contribution in [0.2, 0.25) is 0 Å². The van der Waals surface area contributed by atoms with Gasteiger partial charge in [-0.1, -0.05) is 89.9 Å². The lowest BCUT2D eigenvalue weighted by Gasteiger charge is -2.30. The summed E-state index contributed by atoms with van der Waals surface area (Å²) in [5.41, 5.74) is 12.3. The quantitative estimate of drug-likeness (QED) is 0.185. The monoisotopic (exact) mass is 634 g/mol. The van der Waals surface area contributed by atoms with E-state index < -0.39 is 0 Å². The Hall–Kier alpha value is -4.31. The van der Waals surface area contributed by atoms with E-state index >= 15 is 0 Å². The van der Waals surface area contributed by atoms with Gasteiger partial charge >= 0.3 is 0 Å². The summed E-state index contributed by atoms with van der Waals surface area (Å²) in [4.78, 5) is 10.4. The van der Waals surface area contributed by atoms with E-state index in [-0.39, 0.29) is 17.4 Å². The molecule has 1 aliphatic carbocycles. The molecule has 0 saturated heterocycles. The van der Waals surface area contributed by atoms with Gasteiger partial charge in [-0.3, -0.25) is 4.99 Å². The molecule has 3 aliphatic rings. The van der Waals surface area contributed by atoms with Gasteiger partial charge in [0.1, 0.15) is 6.04 Å². The largest absolute Gasteiger partial charge is 0.437 e. The third-order valence-electron chi connectivity index (χ3n) is 11.3. The number of hydrogen-bond acceptors (Lipinski definition) is 3. The first-order valence-corrected chi connectivity index (χ1v) is 18.1. The Labute approximate surface area is 285 Å². The Morgan fingerprint density at radius 3 is 2.56 bits per heavy atom. The maximum absolute atomic E-state index is 6.87. The zero-order chi connectivity index (χ0) is 33.2. The highest BCUT2D eigenvalue weighted by atomic mass is 16.3. The van der Waals surface area contributed by atoms with Crippen molar-refractivity contribution in [3.63, 3.8) is 0 Å². The van der Waals surface area contributed by atoms with Gasteiger partial charge < -0.3 is 4.42 Å². The number of fused-ring (bicyclic) bond motifs is 10. The van der Waals surface area contributed by atoms with Crippen LogP contribution < -0.4 is 4.57 Å². The second-order valence-electron chi connectivity index (χ2n) is 15.8. The minimum Gasteiger partial charge on any atom is -0.437 e. The smallest absolute Gasteiger partial charge is 0.227 e. The van der Waals surface area contributed by atoms with Crippen molar-refractivity contribution in [1.82, 2.24) is 4.98 Å². The first-order chi connectivity index (χ1) is 23.2. The van der Waals surface area contributed by atoms with Gasteiger partial charge in [0, 0.05) is 40.1 Å².